The Balaban J connectivity index is 1.77. The van der Waals surface area contributed by atoms with Crippen molar-refractivity contribution in [1.29, 1.82) is 0 Å². The van der Waals surface area contributed by atoms with Crippen LogP contribution >= 0.6 is 15.9 Å². The first-order valence-electron chi connectivity index (χ1n) is 7.74. The number of nitrogens with zero attached hydrogens (tertiary/aromatic N) is 6. The van der Waals surface area contributed by atoms with Gasteiger partial charge in [0.1, 0.15) is 10.2 Å². The zero-order valence-electron chi connectivity index (χ0n) is 13.6. The minimum Gasteiger partial charge on any atom is -0.465 e. The fourth-order valence-corrected chi connectivity index (χ4v) is 3.37. The van der Waals surface area contributed by atoms with Crippen LogP contribution in [0.25, 0.3) is 5.82 Å². The molecule has 128 valence electrons. The number of hydrogen-bond donors (Lipinski definition) is 0. The molecule has 1 aliphatic carbocycles. The summed E-state index contributed by atoms with van der Waals surface area (Å²) in [4.78, 5) is 16.6. The molecule has 0 bridgehead atoms. The van der Waals surface area contributed by atoms with Gasteiger partial charge in [-0.2, -0.15) is 5.10 Å². The van der Waals surface area contributed by atoms with Gasteiger partial charge in [-0.25, -0.2) is 14.5 Å². The molecule has 0 amide bonds. The summed E-state index contributed by atoms with van der Waals surface area (Å²) in [5, 5.41) is 12.6. The van der Waals surface area contributed by atoms with Gasteiger partial charge in [-0.1, -0.05) is 11.3 Å². The van der Waals surface area contributed by atoms with Crippen LogP contribution in [0.15, 0.2) is 35.2 Å². The van der Waals surface area contributed by atoms with E-state index in [1.54, 1.807) is 9.36 Å². The van der Waals surface area contributed by atoms with E-state index in [0.717, 1.165) is 17.8 Å². The maximum atomic E-state index is 12.2. The van der Waals surface area contributed by atoms with Crippen molar-refractivity contribution in [2.45, 2.75) is 18.3 Å². The van der Waals surface area contributed by atoms with Crippen LogP contribution in [0.4, 0.5) is 0 Å². The molecule has 3 aromatic heterocycles. The second kappa shape index (κ2) is 6.07. The van der Waals surface area contributed by atoms with E-state index >= 15 is 0 Å². The van der Waals surface area contributed by atoms with Crippen molar-refractivity contribution in [3.05, 3.63) is 52.1 Å². The van der Waals surface area contributed by atoms with E-state index in [-0.39, 0.29) is 11.8 Å². The summed E-state index contributed by atoms with van der Waals surface area (Å²) < 4.78 is 9.01. The van der Waals surface area contributed by atoms with Crippen LogP contribution in [-0.2, 0) is 11.8 Å². The molecule has 0 N–H and O–H groups in total. The first-order chi connectivity index (χ1) is 12.1. The Morgan fingerprint density at radius 3 is 2.88 bits per heavy atom. The summed E-state index contributed by atoms with van der Waals surface area (Å²) >= 11 is 3.37. The van der Waals surface area contributed by atoms with Crippen LogP contribution in [0, 0.1) is 0 Å². The molecular formula is C16H15BrN6O2. The molecule has 2 atom stereocenters. The van der Waals surface area contributed by atoms with E-state index < -0.39 is 5.97 Å². The Bertz CT molecular complexity index is 950. The number of halogens is 1. The minimum atomic E-state index is -0.402. The smallest absolute Gasteiger partial charge is 0.341 e. The maximum absolute atomic E-state index is 12.2. The van der Waals surface area contributed by atoms with E-state index in [4.69, 9.17) is 4.74 Å². The number of hydrogen-bond acceptors (Lipinski definition) is 6. The van der Waals surface area contributed by atoms with Crippen molar-refractivity contribution in [1.82, 2.24) is 29.8 Å². The first kappa shape index (κ1) is 15.9. The van der Waals surface area contributed by atoms with Crippen LogP contribution in [-0.4, -0.2) is 42.8 Å². The van der Waals surface area contributed by atoms with Gasteiger partial charge in [-0.15, -0.1) is 5.10 Å². The Labute approximate surface area is 151 Å². The lowest BCUT2D eigenvalue weighted by Crippen LogP contribution is -2.09. The molecule has 0 radical (unpaired) electrons. The molecule has 4 rings (SSSR count). The summed E-state index contributed by atoms with van der Waals surface area (Å²) in [6, 6.07) is 5.57. The Kier molecular flexibility index (Phi) is 3.87. The van der Waals surface area contributed by atoms with E-state index in [2.05, 4.69) is 36.3 Å². The van der Waals surface area contributed by atoms with Crippen LogP contribution in [0.1, 0.15) is 40.0 Å². The lowest BCUT2D eigenvalue weighted by atomic mass is 10.1. The molecule has 25 heavy (non-hydrogen) atoms. The summed E-state index contributed by atoms with van der Waals surface area (Å²) in [6.07, 6.45) is 4.32. The van der Waals surface area contributed by atoms with Gasteiger partial charge in [-0.3, -0.25) is 4.68 Å². The highest BCUT2D eigenvalue weighted by Crippen LogP contribution is 2.55. The molecule has 9 heteroatoms. The quantitative estimate of drug-likeness (QED) is 0.491. The Morgan fingerprint density at radius 1 is 1.36 bits per heavy atom. The fraction of sp³-hybridized carbons (Fsp3) is 0.312. The molecule has 0 saturated heterocycles. The van der Waals surface area contributed by atoms with Gasteiger partial charge in [-0.05, 0) is 34.5 Å². The molecule has 0 aromatic carbocycles. The van der Waals surface area contributed by atoms with E-state index in [0.29, 0.717) is 16.0 Å². The molecule has 8 nitrogen and oxygen atoms in total. The Morgan fingerprint density at radius 2 is 2.20 bits per heavy atom. The van der Waals surface area contributed by atoms with Gasteiger partial charge in [0, 0.05) is 25.1 Å². The number of aryl methyl sites for hydroxylation is 1. The van der Waals surface area contributed by atoms with Crippen LogP contribution in [0.5, 0.6) is 0 Å². The number of pyridine rings is 1. The molecule has 0 unspecified atom stereocenters. The van der Waals surface area contributed by atoms with Gasteiger partial charge >= 0.3 is 5.97 Å². The van der Waals surface area contributed by atoms with Gasteiger partial charge in [0.05, 0.1) is 24.7 Å². The second-order valence-corrected chi connectivity index (χ2v) is 6.74. The van der Waals surface area contributed by atoms with Crippen molar-refractivity contribution in [2.75, 3.05) is 7.11 Å². The largest absolute Gasteiger partial charge is 0.465 e. The highest BCUT2D eigenvalue weighted by atomic mass is 79.9. The summed E-state index contributed by atoms with van der Waals surface area (Å²) in [6.45, 7) is 0. The van der Waals surface area contributed by atoms with Gasteiger partial charge in [0.2, 0.25) is 0 Å². The average molecular weight is 403 g/mol. The van der Waals surface area contributed by atoms with E-state index in [9.17, 15) is 4.79 Å². The molecule has 1 fully saturated rings. The SMILES string of the molecule is COC(=O)c1cnn(-c2cccc(Br)n2)c1[C@@H]1C[C@H]1c1cn(C)nn1. The highest BCUT2D eigenvalue weighted by Gasteiger charge is 2.46. The molecule has 3 aromatic rings. The lowest BCUT2D eigenvalue weighted by Gasteiger charge is -2.08. The molecular weight excluding hydrogens is 388 g/mol. The zero-order valence-corrected chi connectivity index (χ0v) is 15.2. The number of rotatable bonds is 4. The summed E-state index contributed by atoms with van der Waals surface area (Å²) in [5.41, 5.74) is 2.17. The summed E-state index contributed by atoms with van der Waals surface area (Å²) in [7, 11) is 3.21. The zero-order chi connectivity index (χ0) is 17.6. The third kappa shape index (κ3) is 2.84. The predicted octanol–water partition coefficient (Wildman–Crippen LogP) is 2.22. The van der Waals surface area contributed by atoms with Crippen molar-refractivity contribution < 1.29 is 9.53 Å². The Hall–Kier alpha value is -2.55. The van der Waals surface area contributed by atoms with Gasteiger partial charge in [0.15, 0.2) is 5.82 Å². The van der Waals surface area contributed by atoms with Crippen LogP contribution in [0.2, 0.25) is 0 Å². The number of aromatic nitrogens is 6. The minimum absolute atomic E-state index is 0.120. The summed E-state index contributed by atoms with van der Waals surface area (Å²) in [5.74, 6) is 0.569. The molecule has 1 saturated carbocycles. The lowest BCUT2D eigenvalue weighted by molar-refractivity contribution is 0.0599. The molecule has 0 spiro atoms. The number of carbonyl (C=O) groups is 1. The van der Waals surface area contributed by atoms with E-state index in [1.807, 2.05) is 31.4 Å². The fourth-order valence-electron chi connectivity index (χ4n) is 3.04. The van der Waals surface area contributed by atoms with E-state index in [1.165, 1.54) is 13.3 Å². The molecule has 1 aliphatic rings. The predicted molar refractivity (Wildman–Crippen MR) is 91.5 cm³/mol. The standard InChI is InChI=1S/C16H15BrN6O2/c1-22-8-12(20-21-22)9-6-10(9)15-11(16(24)25-2)7-18-23(15)14-5-3-4-13(17)19-14/h3-5,7-10H,6H2,1-2H3/t9-,10-/m1/s1. The monoisotopic (exact) mass is 402 g/mol. The first-order valence-corrected chi connectivity index (χ1v) is 8.53. The van der Waals surface area contributed by atoms with Crippen LogP contribution in [0.3, 0.4) is 0 Å². The van der Waals surface area contributed by atoms with Crippen molar-refractivity contribution in [2.24, 2.45) is 7.05 Å². The third-order valence-electron chi connectivity index (χ3n) is 4.27. The number of methoxy groups -OCH3 is 1. The topological polar surface area (TPSA) is 87.7 Å². The normalized spacial score (nSPS) is 19.0. The number of carbonyl (C=O) groups excluding carboxylic acids is 1. The molecule has 3 heterocycles. The maximum Gasteiger partial charge on any atom is 0.341 e. The number of esters is 1. The number of ether oxygens (including phenoxy) is 1. The average Bonchev–Trinajstić information content (AvgIpc) is 3.06. The highest BCUT2D eigenvalue weighted by molar-refractivity contribution is 9.10. The van der Waals surface area contributed by atoms with Crippen molar-refractivity contribution in [3.8, 4) is 5.82 Å². The third-order valence-corrected chi connectivity index (χ3v) is 4.71. The van der Waals surface area contributed by atoms with Crippen molar-refractivity contribution in [3.63, 3.8) is 0 Å². The van der Waals surface area contributed by atoms with Gasteiger partial charge in [0.25, 0.3) is 0 Å². The van der Waals surface area contributed by atoms with Crippen molar-refractivity contribution >= 4 is 21.9 Å². The van der Waals surface area contributed by atoms with Crippen LogP contribution < -0.4 is 0 Å². The molecule has 0 aliphatic heterocycles. The second-order valence-electron chi connectivity index (χ2n) is 5.93. The van der Waals surface area contributed by atoms with Gasteiger partial charge < -0.3 is 4.74 Å².